The number of anilines is 1. The van der Waals surface area contributed by atoms with Gasteiger partial charge in [0.1, 0.15) is 0 Å². The highest BCUT2D eigenvalue weighted by molar-refractivity contribution is 6.46. The molecule has 104 valence electrons. The summed E-state index contributed by atoms with van der Waals surface area (Å²) in [6, 6.07) is 6.31. The van der Waals surface area contributed by atoms with Gasteiger partial charge in [-0.3, -0.25) is 0 Å². The molecule has 2 N–H and O–H groups in total. The molecular formula is C13H9Cl3N2O2. The lowest BCUT2D eigenvalue weighted by atomic mass is 10.1. The number of hydrogen-bond donors (Lipinski definition) is 1. The van der Waals surface area contributed by atoms with E-state index in [4.69, 9.17) is 40.5 Å². The van der Waals surface area contributed by atoms with Crippen LogP contribution in [0.2, 0.25) is 15.1 Å². The number of carbonyl (C=O) groups excluding carboxylic acids is 1. The number of nitrogen functional groups attached to an aromatic ring is 1. The van der Waals surface area contributed by atoms with Gasteiger partial charge in [-0.05, 0) is 24.3 Å². The Morgan fingerprint density at radius 1 is 1.15 bits per heavy atom. The van der Waals surface area contributed by atoms with E-state index in [0.29, 0.717) is 21.3 Å². The summed E-state index contributed by atoms with van der Waals surface area (Å²) < 4.78 is 4.62. The Bertz CT molecular complexity index is 690. The molecule has 0 fully saturated rings. The molecule has 0 aliphatic rings. The van der Waals surface area contributed by atoms with Crippen molar-refractivity contribution < 1.29 is 9.53 Å². The van der Waals surface area contributed by atoms with E-state index >= 15 is 0 Å². The van der Waals surface area contributed by atoms with Crippen LogP contribution in [0, 0.1) is 0 Å². The van der Waals surface area contributed by atoms with Crippen LogP contribution in [0.3, 0.4) is 0 Å². The van der Waals surface area contributed by atoms with E-state index in [0.717, 1.165) is 0 Å². The first-order valence-electron chi connectivity index (χ1n) is 5.44. The van der Waals surface area contributed by atoms with Crippen LogP contribution in [0.1, 0.15) is 10.5 Å². The Kier molecular flexibility index (Phi) is 4.38. The van der Waals surface area contributed by atoms with Crippen molar-refractivity contribution in [1.82, 2.24) is 4.98 Å². The van der Waals surface area contributed by atoms with E-state index < -0.39 is 5.97 Å². The molecule has 0 saturated carbocycles. The number of nitrogens with zero attached hydrogens (tertiary/aromatic N) is 1. The van der Waals surface area contributed by atoms with Crippen molar-refractivity contribution in [2.75, 3.05) is 12.8 Å². The molecule has 2 aromatic rings. The summed E-state index contributed by atoms with van der Waals surface area (Å²) in [5, 5.41) is 0.962. The average Bonchev–Trinajstić information content (AvgIpc) is 2.44. The Labute approximate surface area is 130 Å². The van der Waals surface area contributed by atoms with Crippen molar-refractivity contribution in [3.8, 4) is 11.3 Å². The third kappa shape index (κ3) is 2.68. The van der Waals surface area contributed by atoms with Crippen molar-refractivity contribution in [3.63, 3.8) is 0 Å². The first-order valence-corrected chi connectivity index (χ1v) is 6.57. The van der Waals surface area contributed by atoms with E-state index in [1.165, 1.54) is 13.2 Å². The number of benzene rings is 1. The van der Waals surface area contributed by atoms with E-state index in [2.05, 4.69) is 9.72 Å². The number of esters is 1. The van der Waals surface area contributed by atoms with E-state index in [1.54, 1.807) is 18.2 Å². The minimum Gasteiger partial charge on any atom is -0.464 e. The summed E-state index contributed by atoms with van der Waals surface area (Å²) in [6.07, 6.45) is 0. The topological polar surface area (TPSA) is 65.2 Å². The highest BCUT2D eigenvalue weighted by Gasteiger charge is 2.17. The van der Waals surface area contributed by atoms with Crippen LogP contribution in [0.25, 0.3) is 11.3 Å². The van der Waals surface area contributed by atoms with Gasteiger partial charge in [-0.2, -0.15) is 0 Å². The summed E-state index contributed by atoms with van der Waals surface area (Å²) in [4.78, 5) is 15.7. The maximum atomic E-state index is 11.6. The van der Waals surface area contributed by atoms with Crippen LogP contribution < -0.4 is 5.73 Å². The summed E-state index contributed by atoms with van der Waals surface area (Å²) >= 11 is 18.2. The Balaban J connectivity index is 2.66. The van der Waals surface area contributed by atoms with Crippen LogP contribution >= 0.6 is 34.8 Å². The zero-order valence-corrected chi connectivity index (χ0v) is 12.6. The number of halogens is 3. The first-order chi connectivity index (χ1) is 9.45. The van der Waals surface area contributed by atoms with Crippen molar-refractivity contribution in [2.45, 2.75) is 0 Å². The van der Waals surface area contributed by atoms with Crippen molar-refractivity contribution in [1.29, 1.82) is 0 Å². The SMILES string of the molecule is COC(=O)c1nc(-c2c(Cl)ccc(Cl)c2Cl)ccc1N. The van der Waals surface area contributed by atoms with Crippen LogP contribution in [0.5, 0.6) is 0 Å². The molecule has 0 amide bonds. The number of pyridine rings is 1. The van der Waals surface area contributed by atoms with Gasteiger partial charge in [-0.1, -0.05) is 34.8 Å². The largest absolute Gasteiger partial charge is 0.464 e. The van der Waals surface area contributed by atoms with Gasteiger partial charge in [0.15, 0.2) is 5.69 Å². The molecule has 0 radical (unpaired) electrons. The fraction of sp³-hybridized carbons (Fsp3) is 0.0769. The van der Waals surface area contributed by atoms with Gasteiger partial charge in [-0.25, -0.2) is 9.78 Å². The van der Waals surface area contributed by atoms with Gasteiger partial charge >= 0.3 is 5.97 Å². The third-order valence-electron chi connectivity index (χ3n) is 2.61. The van der Waals surface area contributed by atoms with Crippen LogP contribution in [-0.4, -0.2) is 18.1 Å². The second kappa shape index (κ2) is 5.87. The molecule has 0 saturated heterocycles. The predicted octanol–water partition coefficient (Wildman–Crippen LogP) is 4.08. The van der Waals surface area contributed by atoms with Gasteiger partial charge < -0.3 is 10.5 Å². The lowest BCUT2D eigenvalue weighted by Crippen LogP contribution is -2.09. The van der Waals surface area contributed by atoms with Gasteiger partial charge in [-0.15, -0.1) is 0 Å². The van der Waals surface area contributed by atoms with E-state index in [9.17, 15) is 4.79 Å². The lowest BCUT2D eigenvalue weighted by Gasteiger charge is -2.10. The normalized spacial score (nSPS) is 10.4. The summed E-state index contributed by atoms with van der Waals surface area (Å²) in [5.74, 6) is -0.640. The van der Waals surface area contributed by atoms with Gasteiger partial charge in [0, 0.05) is 5.56 Å². The quantitative estimate of drug-likeness (QED) is 0.665. The molecule has 0 aliphatic carbocycles. The maximum Gasteiger partial charge on any atom is 0.358 e. The Morgan fingerprint density at radius 2 is 1.80 bits per heavy atom. The molecule has 0 atom stereocenters. The van der Waals surface area contributed by atoms with Gasteiger partial charge in [0.2, 0.25) is 0 Å². The molecule has 4 nitrogen and oxygen atoms in total. The number of nitrogens with two attached hydrogens (primary N) is 1. The molecule has 2 rings (SSSR count). The number of ether oxygens (including phenoxy) is 1. The number of hydrogen-bond acceptors (Lipinski definition) is 4. The second-order valence-electron chi connectivity index (χ2n) is 3.84. The van der Waals surface area contributed by atoms with Gasteiger partial charge in [0.25, 0.3) is 0 Å². The fourth-order valence-corrected chi connectivity index (χ4v) is 2.35. The highest BCUT2D eigenvalue weighted by atomic mass is 35.5. The summed E-state index contributed by atoms with van der Waals surface area (Å²) in [5.41, 5.74) is 6.72. The van der Waals surface area contributed by atoms with Crippen molar-refractivity contribution >= 4 is 46.5 Å². The summed E-state index contributed by atoms with van der Waals surface area (Å²) in [6.45, 7) is 0. The molecule has 1 heterocycles. The van der Waals surface area contributed by atoms with E-state index in [1.807, 2.05) is 0 Å². The predicted molar refractivity (Wildman–Crippen MR) is 80.5 cm³/mol. The minimum atomic E-state index is -0.640. The lowest BCUT2D eigenvalue weighted by molar-refractivity contribution is 0.0595. The molecule has 7 heteroatoms. The van der Waals surface area contributed by atoms with Gasteiger partial charge in [0.05, 0.1) is 33.6 Å². The second-order valence-corrected chi connectivity index (χ2v) is 5.04. The molecule has 0 bridgehead atoms. The van der Waals surface area contributed by atoms with Crippen LogP contribution in [0.4, 0.5) is 5.69 Å². The number of rotatable bonds is 2. The number of aromatic nitrogens is 1. The maximum absolute atomic E-state index is 11.6. The fourth-order valence-electron chi connectivity index (χ4n) is 1.63. The third-order valence-corrected chi connectivity index (χ3v) is 3.72. The highest BCUT2D eigenvalue weighted by Crippen LogP contribution is 2.38. The van der Waals surface area contributed by atoms with Crippen LogP contribution in [-0.2, 0) is 4.74 Å². The molecule has 0 unspecified atom stereocenters. The Morgan fingerprint density at radius 3 is 2.45 bits per heavy atom. The first kappa shape index (κ1) is 14.9. The summed E-state index contributed by atoms with van der Waals surface area (Å²) in [7, 11) is 1.25. The Hall–Kier alpha value is -1.49. The number of carbonyl (C=O) groups is 1. The average molecular weight is 332 g/mol. The molecule has 0 spiro atoms. The number of methoxy groups -OCH3 is 1. The zero-order chi connectivity index (χ0) is 14.9. The molecule has 1 aromatic carbocycles. The van der Waals surface area contributed by atoms with Crippen molar-refractivity contribution in [2.24, 2.45) is 0 Å². The van der Waals surface area contributed by atoms with Crippen LogP contribution in [0.15, 0.2) is 24.3 Å². The van der Waals surface area contributed by atoms with E-state index in [-0.39, 0.29) is 16.4 Å². The standard InChI is InChI=1S/C13H9Cl3N2O2/c1-20-13(19)12-8(17)4-5-9(18-12)10-6(14)2-3-7(15)11(10)16/h2-5H,17H2,1H3. The minimum absolute atomic E-state index is 0.00268. The molecule has 1 aromatic heterocycles. The monoisotopic (exact) mass is 330 g/mol. The molecule has 0 aliphatic heterocycles. The molecular weight excluding hydrogens is 323 g/mol. The molecule has 20 heavy (non-hydrogen) atoms. The smallest absolute Gasteiger partial charge is 0.358 e. The van der Waals surface area contributed by atoms with Crippen molar-refractivity contribution in [3.05, 3.63) is 45.0 Å². The zero-order valence-electron chi connectivity index (χ0n) is 10.3.